The third kappa shape index (κ3) is 4.52. The van der Waals surface area contributed by atoms with Crippen LogP contribution in [-0.4, -0.2) is 71.4 Å². The number of rotatable bonds is 6. The van der Waals surface area contributed by atoms with Gasteiger partial charge in [0.25, 0.3) is 5.91 Å². The summed E-state index contributed by atoms with van der Waals surface area (Å²) in [4.78, 5) is 27.2. The molecule has 0 aromatic carbocycles. The summed E-state index contributed by atoms with van der Waals surface area (Å²) in [5, 5.41) is 6.94. The van der Waals surface area contributed by atoms with Crippen LogP contribution in [0.4, 0.5) is 0 Å². The minimum atomic E-state index is -3.71. The highest BCUT2D eigenvalue weighted by Crippen LogP contribution is 2.24. The van der Waals surface area contributed by atoms with E-state index in [1.165, 1.54) is 16.6 Å². The second-order valence-corrected chi connectivity index (χ2v) is 9.90. The first-order valence-corrected chi connectivity index (χ1v) is 11.6. The van der Waals surface area contributed by atoms with E-state index in [1.54, 1.807) is 36.5 Å². The fraction of sp³-hybridized carbons (Fsp3) is 0.550. The minimum absolute atomic E-state index is 0.136. The van der Waals surface area contributed by atoms with Crippen molar-refractivity contribution in [3.05, 3.63) is 35.5 Å². The lowest BCUT2D eigenvalue weighted by molar-refractivity contribution is -0.135. The normalized spacial score (nSPS) is 16.5. The summed E-state index contributed by atoms with van der Waals surface area (Å²) in [6.07, 6.45) is 1.40. The molecule has 2 aromatic rings. The van der Waals surface area contributed by atoms with E-state index < -0.39 is 22.0 Å². The van der Waals surface area contributed by atoms with E-state index in [0.29, 0.717) is 11.4 Å². The molecule has 1 N–H and O–H groups in total. The van der Waals surface area contributed by atoms with E-state index in [-0.39, 0.29) is 48.7 Å². The van der Waals surface area contributed by atoms with Crippen LogP contribution in [0.25, 0.3) is 0 Å². The van der Waals surface area contributed by atoms with Gasteiger partial charge in [-0.25, -0.2) is 8.42 Å². The molecule has 170 valence electrons. The fourth-order valence-electron chi connectivity index (χ4n) is 3.74. The molecule has 1 saturated heterocycles. The highest BCUT2D eigenvalue weighted by atomic mass is 32.2. The van der Waals surface area contributed by atoms with E-state index in [9.17, 15) is 18.0 Å². The number of carbonyl (C=O) groups is 2. The third-order valence-electron chi connectivity index (χ3n) is 5.56. The van der Waals surface area contributed by atoms with Crippen LogP contribution in [-0.2, 0) is 21.9 Å². The van der Waals surface area contributed by atoms with E-state index in [0.717, 1.165) is 0 Å². The van der Waals surface area contributed by atoms with Crippen molar-refractivity contribution in [1.82, 2.24) is 24.3 Å². The van der Waals surface area contributed by atoms with Crippen LogP contribution in [0.5, 0.6) is 0 Å². The Balaban J connectivity index is 1.68. The van der Waals surface area contributed by atoms with Gasteiger partial charge >= 0.3 is 0 Å². The Morgan fingerprint density at radius 3 is 2.29 bits per heavy atom. The average molecular weight is 452 g/mol. The quantitative estimate of drug-likeness (QED) is 0.698. The Hall–Kier alpha value is -2.66. The average Bonchev–Trinajstić information content (AvgIpc) is 3.34. The van der Waals surface area contributed by atoms with Crippen LogP contribution in [0.2, 0.25) is 0 Å². The van der Waals surface area contributed by atoms with Gasteiger partial charge in [0, 0.05) is 33.2 Å². The van der Waals surface area contributed by atoms with Gasteiger partial charge in [-0.05, 0) is 31.9 Å². The largest absolute Gasteiger partial charge is 0.459 e. The van der Waals surface area contributed by atoms with Crippen LogP contribution < -0.4 is 5.32 Å². The van der Waals surface area contributed by atoms with E-state index in [1.807, 2.05) is 13.8 Å². The Kier molecular flexibility index (Phi) is 6.56. The molecule has 31 heavy (non-hydrogen) atoms. The van der Waals surface area contributed by atoms with Crippen LogP contribution in [0, 0.1) is 19.8 Å². The SMILES string of the molecule is Cc1nn(C)c(C)c1S(=O)(=O)N1CCN(C(=O)[C@H](NC(=O)c2ccco2)C(C)C)CC1. The number of aromatic nitrogens is 2. The number of furan rings is 1. The molecule has 10 nitrogen and oxygen atoms in total. The Bertz CT molecular complexity index is 1050. The molecule has 0 aliphatic carbocycles. The molecule has 1 aliphatic heterocycles. The van der Waals surface area contributed by atoms with Crippen LogP contribution in [0.3, 0.4) is 0 Å². The molecule has 1 aliphatic rings. The maximum atomic E-state index is 13.1. The minimum Gasteiger partial charge on any atom is -0.459 e. The van der Waals surface area contributed by atoms with Gasteiger partial charge in [-0.1, -0.05) is 13.8 Å². The van der Waals surface area contributed by atoms with Gasteiger partial charge in [0.2, 0.25) is 15.9 Å². The van der Waals surface area contributed by atoms with Gasteiger partial charge in [-0.15, -0.1) is 0 Å². The van der Waals surface area contributed by atoms with Gasteiger partial charge in [0.05, 0.1) is 17.7 Å². The number of sulfonamides is 1. The topological polar surface area (TPSA) is 118 Å². The molecule has 2 amide bonds. The third-order valence-corrected chi connectivity index (χ3v) is 7.71. The van der Waals surface area contributed by atoms with Crippen molar-refractivity contribution in [2.45, 2.75) is 38.6 Å². The summed E-state index contributed by atoms with van der Waals surface area (Å²) in [5.74, 6) is -0.702. The molecule has 0 unspecified atom stereocenters. The summed E-state index contributed by atoms with van der Waals surface area (Å²) >= 11 is 0. The van der Waals surface area contributed by atoms with Crippen molar-refractivity contribution in [3.63, 3.8) is 0 Å². The molecule has 2 aromatic heterocycles. The maximum Gasteiger partial charge on any atom is 0.287 e. The number of nitrogens with one attached hydrogen (secondary N) is 1. The number of piperazine rings is 1. The number of aryl methyl sites for hydroxylation is 2. The summed E-state index contributed by atoms with van der Waals surface area (Å²) in [6, 6.07) is 2.40. The second-order valence-electron chi connectivity index (χ2n) is 8.03. The fourth-order valence-corrected chi connectivity index (χ4v) is 5.56. The molecule has 0 spiro atoms. The zero-order valence-electron chi connectivity index (χ0n) is 18.5. The number of hydrogen-bond donors (Lipinski definition) is 1. The van der Waals surface area contributed by atoms with Crippen molar-refractivity contribution in [2.75, 3.05) is 26.2 Å². The predicted octanol–water partition coefficient (Wildman–Crippen LogP) is 0.917. The molecule has 3 rings (SSSR count). The summed E-state index contributed by atoms with van der Waals surface area (Å²) < 4.78 is 34.3. The highest BCUT2D eigenvalue weighted by Gasteiger charge is 2.36. The van der Waals surface area contributed by atoms with Gasteiger partial charge < -0.3 is 14.6 Å². The van der Waals surface area contributed by atoms with E-state index >= 15 is 0 Å². The van der Waals surface area contributed by atoms with Crippen molar-refractivity contribution < 1.29 is 22.4 Å². The van der Waals surface area contributed by atoms with E-state index in [2.05, 4.69) is 10.4 Å². The zero-order chi connectivity index (χ0) is 22.9. The number of nitrogens with zero attached hydrogens (tertiary/aromatic N) is 4. The summed E-state index contributed by atoms with van der Waals surface area (Å²) in [7, 11) is -2.00. The molecule has 0 bridgehead atoms. The van der Waals surface area contributed by atoms with Crippen molar-refractivity contribution >= 4 is 21.8 Å². The van der Waals surface area contributed by atoms with Crippen LogP contribution in [0.15, 0.2) is 27.7 Å². The van der Waals surface area contributed by atoms with Crippen molar-refractivity contribution in [2.24, 2.45) is 13.0 Å². The Morgan fingerprint density at radius 1 is 1.16 bits per heavy atom. The molecule has 11 heteroatoms. The number of carbonyl (C=O) groups excluding carboxylic acids is 2. The first-order valence-electron chi connectivity index (χ1n) is 10.2. The second kappa shape index (κ2) is 8.83. The van der Waals surface area contributed by atoms with E-state index in [4.69, 9.17) is 4.42 Å². The molecular formula is C20H29N5O5S. The molecule has 1 atom stereocenters. The standard InChI is InChI=1S/C20H29N5O5S/c1-13(2)17(21-19(26)16-7-6-12-30-16)20(27)24-8-10-25(11-9-24)31(28,29)18-14(3)22-23(5)15(18)4/h6-7,12-13,17H,8-11H2,1-5H3,(H,21,26)/t17-/m1/s1. The molecule has 0 radical (unpaired) electrons. The number of amides is 2. The van der Waals surface area contributed by atoms with Gasteiger partial charge in [-0.3, -0.25) is 14.3 Å². The first kappa shape index (κ1) is 23.0. The van der Waals surface area contributed by atoms with Crippen LogP contribution in [0.1, 0.15) is 35.8 Å². The Labute approximate surface area is 182 Å². The maximum absolute atomic E-state index is 13.1. The smallest absolute Gasteiger partial charge is 0.287 e. The van der Waals surface area contributed by atoms with Crippen molar-refractivity contribution in [1.29, 1.82) is 0 Å². The predicted molar refractivity (Wildman–Crippen MR) is 113 cm³/mol. The van der Waals surface area contributed by atoms with Crippen LogP contribution >= 0.6 is 0 Å². The molecular weight excluding hydrogens is 422 g/mol. The van der Waals surface area contributed by atoms with Crippen molar-refractivity contribution in [3.8, 4) is 0 Å². The highest BCUT2D eigenvalue weighted by molar-refractivity contribution is 7.89. The van der Waals surface area contributed by atoms with Gasteiger partial charge in [0.1, 0.15) is 10.9 Å². The lowest BCUT2D eigenvalue weighted by Gasteiger charge is -2.36. The summed E-state index contributed by atoms with van der Waals surface area (Å²) in [5.41, 5.74) is 1.04. The van der Waals surface area contributed by atoms with Gasteiger partial charge in [0.15, 0.2) is 5.76 Å². The lowest BCUT2D eigenvalue weighted by Crippen LogP contribution is -2.57. The lowest BCUT2D eigenvalue weighted by atomic mass is 10.0. The van der Waals surface area contributed by atoms with Gasteiger partial charge in [-0.2, -0.15) is 9.40 Å². The number of hydrogen-bond acceptors (Lipinski definition) is 6. The molecule has 0 saturated carbocycles. The monoisotopic (exact) mass is 451 g/mol. The zero-order valence-corrected chi connectivity index (χ0v) is 19.3. The summed E-state index contributed by atoms with van der Waals surface area (Å²) in [6.45, 7) is 7.94. The molecule has 3 heterocycles. The Morgan fingerprint density at radius 2 is 1.81 bits per heavy atom. The first-order chi connectivity index (χ1) is 14.5. The molecule has 1 fully saturated rings.